The number of ether oxygens (including phenoxy) is 1. The van der Waals surface area contributed by atoms with Gasteiger partial charge in [0.15, 0.2) is 11.9 Å². The van der Waals surface area contributed by atoms with Crippen LogP contribution in [0.3, 0.4) is 0 Å². The molecule has 1 aliphatic rings. The van der Waals surface area contributed by atoms with Crippen molar-refractivity contribution >= 4 is 24.1 Å². The maximum Gasteiger partial charge on any atom is 0.261 e. The Morgan fingerprint density at radius 1 is 1.41 bits per heavy atom. The van der Waals surface area contributed by atoms with Crippen molar-refractivity contribution in [1.82, 2.24) is 10.6 Å². The third-order valence-electron chi connectivity index (χ3n) is 3.57. The van der Waals surface area contributed by atoms with Gasteiger partial charge >= 0.3 is 0 Å². The van der Waals surface area contributed by atoms with E-state index in [4.69, 9.17) is 4.74 Å². The summed E-state index contributed by atoms with van der Waals surface area (Å²) in [6, 6.07) is 7.06. The lowest BCUT2D eigenvalue weighted by Crippen LogP contribution is -2.49. The standard InChI is InChI=1S/C16H22N2O3.ClH/c1-11(19)13-5-3-7-15(9-13)21-12(2)16(20)18-14-6-4-8-17-10-14;/h3,5,7,9,12,14,17H,4,6,8,10H2,1-2H3,(H,18,20);1H/t12?,14-;/m0./s1. The summed E-state index contributed by atoms with van der Waals surface area (Å²) in [5.74, 6) is 0.384. The molecule has 1 aliphatic heterocycles. The van der Waals surface area contributed by atoms with Gasteiger partial charge in [-0.25, -0.2) is 0 Å². The van der Waals surface area contributed by atoms with Crippen LogP contribution in [-0.4, -0.2) is 36.9 Å². The maximum atomic E-state index is 12.1. The fourth-order valence-corrected chi connectivity index (χ4v) is 2.34. The quantitative estimate of drug-likeness (QED) is 0.812. The molecule has 0 aliphatic carbocycles. The fraction of sp³-hybridized carbons (Fsp3) is 0.500. The highest BCUT2D eigenvalue weighted by molar-refractivity contribution is 5.94. The summed E-state index contributed by atoms with van der Waals surface area (Å²) < 4.78 is 5.62. The highest BCUT2D eigenvalue weighted by atomic mass is 35.5. The molecule has 1 aromatic carbocycles. The molecule has 6 heteroatoms. The van der Waals surface area contributed by atoms with Crippen LogP contribution < -0.4 is 15.4 Å². The summed E-state index contributed by atoms with van der Waals surface area (Å²) in [7, 11) is 0. The van der Waals surface area contributed by atoms with Crippen LogP contribution in [0.5, 0.6) is 5.75 Å². The zero-order valence-electron chi connectivity index (χ0n) is 12.9. The summed E-state index contributed by atoms with van der Waals surface area (Å²) in [6.45, 7) is 5.03. The molecule has 1 amide bonds. The van der Waals surface area contributed by atoms with E-state index in [1.54, 1.807) is 31.2 Å². The molecule has 0 spiro atoms. The number of carbonyl (C=O) groups is 2. The van der Waals surface area contributed by atoms with E-state index in [2.05, 4.69) is 10.6 Å². The van der Waals surface area contributed by atoms with Gasteiger partial charge in [0.25, 0.3) is 5.91 Å². The molecule has 22 heavy (non-hydrogen) atoms. The van der Waals surface area contributed by atoms with E-state index < -0.39 is 6.10 Å². The number of benzene rings is 1. The average molecular weight is 327 g/mol. The van der Waals surface area contributed by atoms with Gasteiger partial charge in [-0.1, -0.05) is 12.1 Å². The summed E-state index contributed by atoms with van der Waals surface area (Å²) in [6.07, 6.45) is 1.47. The topological polar surface area (TPSA) is 67.4 Å². The Morgan fingerprint density at radius 3 is 2.82 bits per heavy atom. The summed E-state index contributed by atoms with van der Waals surface area (Å²) >= 11 is 0. The number of hydrogen-bond acceptors (Lipinski definition) is 4. The molecule has 5 nitrogen and oxygen atoms in total. The summed E-state index contributed by atoms with van der Waals surface area (Å²) in [4.78, 5) is 23.4. The number of hydrogen-bond donors (Lipinski definition) is 2. The van der Waals surface area contributed by atoms with Crippen LogP contribution in [0, 0.1) is 0 Å². The molecule has 2 rings (SSSR count). The molecule has 0 saturated carbocycles. The van der Waals surface area contributed by atoms with Gasteiger partial charge in [0.05, 0.1) is 0 Å². The van der Waals surface area contributed by atoms with Crippen LogP contribution >= 0.6 is 12.4 Å². The highest BCUT2D eigenvalue weighted by Crippen LogP contribution is 2.15. The Balaban J connectivity index is 0.00000242. The molecule has 1 unspecified atom stereocenters. The van der Waals surface area contributed by atoms with Gasteiger partial charge in [-0.2, -0.15) is 0 Å². The van der Waals surface area contributed by atoms with Gasteiger partial charge in [0.1, 0.15) is 5.75 Å². The van der Waals surface area contributed by atoms with Gasteiger partial charge in [0, 0.05) is 18.2 Å². The van der Waals surface area contributed by atoms with Crippen LogP contribution in [0.25, 0.3) is 0 Å². The number of ketones is 1. The van der Waals surface area contributed by atoms with Gasteiger partial charge < -0.3 is 15.4 Å². The molecule has 0 aromatic heterocycles. The minimum absolute atomic E-state index is 0. The molecule has 1 fully saturated rings. The molecular formula is C16H23ClN2O3. The van der Waals surface area contributed by atoms with Crippen LogP contribution in [0.4, 0.5) is 0 Å². The van der Waals surface area contributed by atoms with E-state index in [-0.39, 0.29) is 30.1 Å². The van der Waals surface area contributed by atoms with Crippen LogP contribution in [0.2, 0.25) is 0 Å². The van der Waals surface area contributed by atoms with Crippen molar-refractivity contribution in [2.75, 3.05) is 13.1 Å². The van der Waals surface area contributed by atoms with Crippen molar-refractivity contribution in [2.24, 2.45) is 0 Å². The van der Waals surface area contributed by atoms with Crippen molar-refractivity contribution in [3.8, 4) is 5.75 Å². The van der Waals surface area contributed by atoms with Crippen molar-refractivity contribution < 1.29 is 14.3 Å². The second kappa shape index (κ2) is 8.76. The Hall–Kier alpha value is -1.59. The zero-order valence-corrected chi connectivity index (χ0v) is 13.7. The molecular weight excluding hydrogens is 304 g/mol. The Bertz CT molecular complexity index is 516. The van der Waals surface area contributed by atoms with Gasteiger partial charge in [0.2, 0.25) is 0 Å². The molecule has 2 atom stereocenters. The molecule has 1 aromatic rings. The molecule has 0 radical (unpaired) electrons. The van der Waals surface area contributed by atoms with Crippen molar-refractivity contribution in [3.63, 3.8) is 0 Å². The van der Waals surface area contributed by atoms with E-state index in [0.717, 1.165) is 25.9 Å². The second-order valence-corrected chi connectivity index (χ2v) is 5.40. The fourth-order valence-electron chi connectivity index (χ4n) is 2.34. The highest BCUT2D eigenvalue weighted by Gasteiger charge is 2.20. The Morgan fingerprint density at radius 2 is 2.18 bits per heavy atom. The van der Waals surface area contributed by atoms with E-state index in [0.29, 0.717) is 11.3 Å². The van der Waals surface area contributed by atoms with Crippen LogP contribution in [0.15, 0.2) is 24.3 Å². The number of Topliss-reactive ketones (excluding diaryl/α,β-unsaturated/α-hetero) is 1. The second-order valence-electron chi connectivity index (χ2n) is 5.40. The lowest BCUT2D eigenvalue weighted by Gasteiger charge is -2.25. The average Bonchev–Trinajstić information content (AvgIpc) is 2.48. The normalized spacial score (nSPS) is 18.7. The minimum Gasteiger partial charge on any atom is -0.481 e. The van der Waals surface area contributed by atoms with E-state index in [9.17, 15) is 9.59 Å². The van der Waals surface area contributed by atoms with Crippen molar-refractivity contribution in [2.45, 2.75) is 38.8 Å². The first-order chi connectivity index (χ1) is 10.1. The number of rotatable bonds is 5. The minimum atomic E-state index is -0.589. The molecule has 1 heterocycles. The number of halogens is 1. The molecule has 2 N–H and O–H groups in total. The van der Waals surface area contributed by atoms with E-state index in [1.807, 2.05) is 0 Å². The Labute approximate surface area is 137 Å². The first-order valence-corrected chi connectivity index (χ1v) is 7.35. The number of amides is 1. The van der Waals surface area contributed by atoms with Gasteiger partial charge in [-0.15, -0.1) is 12.4 Å². The molecule has 1 saturated heterocycles. The third kappa shape index (κ3) is 5.31. The molecule has 122 valence electrons. The third-order valence-corrected chi connectivity index (χ3v) is 3.57. The predicted molar refractivity (Wildman–Crippen MR) is 87.8 cm³/mol. The number of carbonyl (C=O) groups excluding carboxylic acids is 2. The van der Waals surface area contributed by atoms with Gasteiger partial charge in [-0.05, 0) is 45.4 Å². The predicted octanol–water partition coefficient (Wildman–Crippen LogP) is 1.95. The SMILES string of the molecule is CC(=O)c1cccc(OC(C)C(=O)N[C@H]2CCCNC2)c1.Cl. The Kier molecular flexibility index (Phi) is 7.35. The monoisotopic (exact) mass is 326 g/mol. The largest absolute Gasteiger partial charge is 0.481 e. The first-order valence-electron chi connectivity index (χ1n) is 7.35. The zero-order chi connectivity index (χ0) is 15.2. The van der Waals surface area contributed by atoms with Gasteiger partial charge in [-0.3, -0.25) is 9.59 Å². The lowest BCUT2D eigenvalue weighted by molar-refractivity contribution is -0.128. The number of piperidine rings is 1. The van der Waals surface area contributed by atoms with Crippen LogP contribution in [0.1, 0.15) is 37.0 Å². The van der Waals surface area contributed by atoms with E-state index in [1.165, 1.54) is 6.92 Å². The summed E-state index contributed by atoms with van der Waals surface area (Å²) in [5.41, 5.74) is 0.580. The van der Waals surface area contributed by atoms with E-state index >= 15 is 0 Å². The van der Waals surface area contributed by atoms with Crippen LogP contribution in [-0.2, 0) is 4.79 Å². The smallest absolute Gasteiger partial charge is 0.261 e. The van der Waals surface area contributed by atoms with Crippen molar-refractivity contribution in [1.29, 1.82) is 0 Å². The molecule has 0 bridgehead atoms. The lowest BCUT2D eigenvalue weighted by atomic mass is 10.1. The van der Waals surface area contributed by atoms with Crippen molar-refractivity contribution in [3.05, 3.63) is 29.8 Å². The summed E-state index contributed by atoms with van der Waals surface area (Å²) in [5, 5.41) is 6.24. The first kappa shape index (κ1) is 18.5. The maximum absolute atomic E-state index is 12.1. The number of nitrogens with one attached hydrogen (secondary N) is 2.